The van der Waals surface area contributed by atoms with Gasteiger partial charge >= 0.3 is 0 Å². The third-order valence-electron chi connectivity index (χ3n) is 4.41. The summed E-state index contributed by atoms with van der Waals surface area (Å²) in [5.41, 5.74) is 2.34. The monoisotopic (exact) mass is 474 g/mol. The van der Waals surface area contributed by atoms with Gasteiger partial charge in [0.05, 0.1) is 26.2 Å². The van der Waals surface area contributed by atoms with Gasteiger partial charge in [0.15, 0.2) is 9.84 Å². The number of hydrogen-bond donors (Lipinski definition) is 1. The van der Waals surface area contributed by atoms with E-state index in [0.717, 1.165) is 15.3 Å². The number of thiol groups is 1. The van der Waals surface area contributed by atoms with Crippen LogP contribution in [0.15, 0.2) is 71.6 Å². The molecule has 4 aromatic rings. The van der Waals surface area contributed by atoms with E-state index in [9.17, 15) is 13.2 Å². The van der Waals surface area contributed by atoms with E-state index in [1.165, 1.54) is 17.6 Å². The first kappa shape index (κ1) is 20.9. The summed E-state index contributed by atoms with van der Waals surface area (Å²) in [7, 11) is -3.30. The van der Waals surface area contributed by atoms with Crippen molar-refractivity contribution in [2.45, 2.75) is 4.90 Å². The van der Waals surface area contributed by atoms with E-state index in [2.05, 4.69) is 17.7 Å². The van der Waals surface area contributed by atoms with Gasteiger partial charge in [-0.3, -0.25) is 4.79 Å². The number of carbonyl (C=O) groups excluding carboxylic acids is 1. The molecule has 0 aliphatic heterocycles. The molecule has 0 saturated heterocycles. The van der Waals surface area contributed by atoms with Crippen molar-refractivity contribution in [2.24, 2.45) is 0 Å². The fourth-order valence-electron chi connectivity index (χ4n) is 2.98. The van der Waals surface area contributed by atoms with Gasteiger partial charge in [-0.1, -0.05) is 48.5 Å². The van der Waals surface area contributed by atoms with Crippen LogP contribution in [0.5, 0.6) is 0 Å². The zero-order chi connectivity index (χ0) is 21.5. The van der Waals surface area contributed by atoms with Gasteiger partial charge < -0.3 is 0 Å². The molecule has 9 heteroatoms. The van der Waals surface area contributed by atoms with Gasteiger partial charge in [-0.25, -0.2) is 13.1 Å². The highest BCUT2D eigenvalue weighted by Crippen LogP contribution is 2.37. The lowest BCUT2D eigenvalue weighted by atomic mass is 10.2. The third-order valence-corrected chi connectivity index (χ3v) is 7.23. The van der Waals surface area contributed by atoms with Crippen LogP contribution in [-0.2, 0) is 9.84 Å². The van der Waals surface area contributed by atoms with Crippen LogP contribution in [0.2, 0.25) is 5.02 Å². The Balaban J connectivity index is 1.83. The summed E-state index contributed by atoms with van der Waals surface area (Å²) in [6, 6.07) is 19.5. The number of aromatic nitrogens is 2. The molecular formula is C21H15ClN2O3S3. The normalized spacial score (nSPS) is 11.6. The molecule has 0 atom stereocenters. The second-order valence-electron chi connectivity index (χ2n) is 6.55. The molecule has 0 unspecified atom stereocenters. The summed E-state index contributed by atoms with van der Waals surface area (Å²) in [4.78, 5) is 13.8. The Hall–Kier alpha value is -2.39. The van der Waals surface area contributed by atoms with Crippen molar-refractivity contribution < 1.29 is 13.2 Å². The summed E-state index contributed by atoms with van der Waals surface area (Å²) in [6.07, 6.45) is 1.18. The van der Waals surface area contributed by atoms with Gasteiger partial charge in [-0.05, 0) is 48.0 Å². The number of carbonyl (C=O) groups is 1. The highest BCUT2D eigenvalue weighted by atomic mass is 35.5. The minimum Gasteiger partial charge on any atom is -0.280 e. The number of benzene rings is 2. The van der Waals surface area contributed by atoms with Gasteiger partial charge in [0, 0.05) is 11.1 Å². The zero-order valence-corrected chi connectivity index (χ0v) is 18.9. The first-order valence-corrected chi connectivity index (χ1v) is 12.3. The van der Waals surface area contributed by atoms with Gasteiger partial charge in [0.25, 0.3) is 0 Å². The Morgan fingerprint density at radius 3 is 2.47 bits per heavy atom. The molecule has 152 valence electrons. The molecule has 0 radical (unpaired) electrons. The van der Waals surface area contributed by atoms with Crippen LogP contribution in [-0.4, -0.2) is 29.6 Å². The van der Waals surface area contributed by atoms with Crippen molar-refractivity contribution in [1.82, 2.24) is 9.78 Å². The van der Waals surface area contributed by atoms with Gasteiger partial charge in [0.2, 0.25) is 5.12 Å². The Labute approximate surface area is 188 Å². The molecule has 0 aliphatic carbocycles. The lowest BCUT2D eigenvalue weighted by Gasteiger charge is -2.07. The fraction of sp³-hybridized carbons (Fsp3) is 0.0476. The van der Waals surface area contributed by atoms with Crippen molar-refractivity contribution in [2.75, 3.05) is 6.26 Å². The fourth-order valence-corrected chi connectivity index (χ4v) is 4.97. The quantitative estimate of drug-likeness (QED) is 0.393. The smallest absolute Gasteiger partial charge is 0.236 e. The van der Waals surface area contributed by atoms with Crippen LogP contribution in [0.25, 0.3) is 26.7 Å². The third kappa shape index (κ3) is 4.09. The highest BCUT2D eigenvalue weighted by molar-refractivity contribution is 7.97. The average molecular weight is 475 g/mol. The van der Waals surface area contributed by atoms with Crippen LogP contribution in [0.3, 0.4) is 0 Å². The van der Waals surface area contributed by atoms with Gasteiger partial charge in [-0.2, -0.15) is 5.10 Å². The molecule has 0 N–H and O–H groups in total. The Morgan fingerprint density at radius 1 is 1.03 bits per heavy atom. The SMILES string of the molecule is CS(=O)(=O)c1cccc(-c2ccc(-c3cc(C(=O)S)nn3-c3ccccc3Cl)s2)c1. The molecule has 2 aromatic heterocycles. The second-order valence-corrected chi connectivity index (χ2v) is 10.5. The standard InChI is InChI=1S/C21H15ClN2O3S3/c1-30(26,27)14-6-4-5-13(11-14)19-9-10-20(29-19)18-12-16(21(25)28)23-24(18)17-8-3-2-7-15(17)22/h2-12H,1H3,(H,25,28). The van der Waals surface area contributed by atoms with Crippen molar-refractivity contribution in [1.29, 1.82) is 0 Å². The molecule has 2 heterocycles. The van der Waals surface area contributed by atoms with Crippen LogP contribution < -0.4 is 0 Å². The minimum atomic E-state index is -3.30. The van der Waals surface area contributed by atoms with Crippen LogP contribution in [0, 0.1) is 0 Å². The maximum atomic E-state index is 11.9. The molecule has 30 heavy (non-hydrogen) atoms. The number of rotatable bonds is 5. The first-order chi connectivity index (χ1) is 14.2. The number of hydrogen-bond acceptors (Lipinski definition) is 5. The molecule has 5 nitrogen and oxygen atoms in total. The summed E-state index contributed by atoms with van der Waals surface area (Å²) >= 11 is 11.7. The second kappa shape index (κ2) is 8.03. The molecular weight excluding hydrogens is 460 g/mol. The molecule has 0 amide bonds. The predicted octanol–water partition coefficient (Wildman–Crippen LogP) is 5.39. The molecule has 0 spiro atoms. The molecule has 4 rings (SSSR count). The van der Waals surface area contributed by atoms with Gasteiger partial charge in [0.1, 0.15) is 5.69 Å². The van der Waals surface area contributed by atoms with E-state index in [1.54, 1.807) is 35.0 Å². The van der Waals surface area contributed by atoms with Crippen molar-refractivity contribution in [3.63, 3.8) is 0 Å². The van der Waals surface area contributed by atoms with E-state index in [-0.39, 0.29) is 10.6 Å². The summed E-state index contributed by atoms with van der Waals surface area (Å²) in [6.45, 7) is 0. The Morgan fingerprint density at radius 2 is 1.77 bits per heavy atom. The molecule has 0 aliphatic rings. The van der Waals surface area contributed by atoms with Crippen LogP contribution in [0.1, 0.15) is 10.5 Å². The molecule has 0 fully saturated rings. The van der Waals surface area contributed by atoms with E-state index in [0.29, 0.717) is 16.4 Å². The average Bonchev–Trinajstić information content (AvgIpc) is 3.35. The minimum absolute atomic E-state index is 0.210. The lowest BCUT2D eigenvalue weighted by Crippen LogP contribution is -2.00. The Bertz CT molecular complexity index is 1370. The molecule has 0 saturated carbocycles. The highest BCUT2D eigenvalue weighted by Gasteiger charge is 2.18. The van der Waals surface area contributed by atoms with Crippen LogP contribution in [0.4, 0.5) is 0 Å². The van der Waals surface area contributed by atoms with E-state index in [4.69, 9.17) is 11.6 Å². The van der Waals surface area contributed by atoms with Crippen LogP contribution >= 0.6 is 35.6 Å². The lowest BCUT2D eigenvalue weighted by molar-refractivity contribution is 0.108. The summed E-state index contributed by atoms with van der Waals surface area (Å²) in [5, 5.41) is 4.43. The largest absolute Gasteiger partial charge is 0.280 e. The topological polar surface area (TPSA) is 69.0 Å². The number of halogens is 1. The number of nitrogens with zero attached hydrogens (tertiary/aromatic N) is 2. The molecule has 2 aromatic carbocycles. The van der Waals surface area contributed by atoms with E-state index in [1.807, 2.05) is 36.4 Å². The number of thiophene rings is 1. The first-order valence-electron chi connectivity index (χ1n) is 8.73. The van der Waals surface area contributed by atoms with Crippen molar-refractivity contribution >= 4 is 50.5 Å². The van der Waals surface area contributed by atoms with Crippen molar-refractivity contribution in [3.8, 4) is 26.7 Å². The predicted molar refractivity (Wildman–Crippen MR) is 124 cm³/mol. The number of sulfone groups is 1. The van der Waals surface area contributed by atoms with E-state index >= 15 is 0 Å². The Kier molecular flexibility index (Phi) is 5.59. The number of para-hydroxylation sites is 1. The molecule has 0 bridgehead atoms. The van der Waals surface area contributed by atoms with Gasteiger partial charge in [-0.15, -0.1) is 11.3 Å². The maximum absolute atomic E-state index is 11.9. The summed E-state index contributed by atoms with van der Waals surface area (Å²) < 4.78 is 25.4. The van der Waals surface area contributed by atoms with Crippen molar-refractivity contribution in [3.05, 3.63) is 77.4 Å². The maximum Gasteiger partial charge on any atom is 0.236 e. The zero-order valence-electron chi connectivity index (χ0n) is 15.6. The van der Waals surface area contributed by atoms with E-state index < -0.39 is 15.0 Å². The summed E-state index contributed by atoms with van der Waals surface area (Å²) in [5.74, 6) is 0.